The summed E-state index contributed by atoms with van der Waals surface area (Å²) in [6.45, 7) is 1.10. The lowest BCUT2D eigenvalue weighted by Gasteiger charge is -2.07. The van der Waals surface area contributed by atoms with Gasteiger partial charge >= 0.3 is 0 Å². The number of amides is 1. The van der Waals surface area contributed by atoms with Crippen molar-refractivity contribution in [2.75, 3.05) is 26.8 Å². The molecule has 6 nitrogen and oxygen atoms in total. The van der Waals surface area contributed by atoms with E-state index in [9.17, 15) is 13.2 Å². The summed E-state index contributed by atoms with van der Waals surface area (Å²) in [5.41, 5.74) is 0. The van der Waals surface area contributed by atoms with Crippen LogP contribution in [0.3, 0.4) is 0 Å². The average Bonchev–Trinajstić information content (AvgIpc) is 2.44. The summed E-state index contributed by atoms with van der Waals surface area (Å²) in [4.78, 5) is 11.5. The SMILES string of the molecule is COCCNC(=O)CCCNS(=O)(=O)c1ccc(Cl)cc1. The second kappa shape index (κ2) is 8.99. The predicted molar refractivity (Wildman–Crippen MR) is 80.8 cm³/mol. The minimum atomic E-state index is -3.56. The third-order valence-corrected chi connectivity index (χ3v) is 4.35. The van der Waals surface area contributed by atoms with E-state index in [1.807, 2.05) is 0 Å². The normalized spacial score (nSPS) is 11.3. The third-order valence-electron chi connectivity index (χ3n) is 2.62. The molecular formula is C13H19ClN2O4S. The van der Waals surface area contributed by atoms with Gasteiger partial charge in [0.15, 0.2) is 0 Å². The van der Waals surface area contributed by atoms with Crippen LogP contribution < -0.4 is 10.0 Å². The lowest BCUT2D eigenvalue weighted by molar-refractivity contribution is -0.121. The topological polar surface area (TPSA) is 84.5 Å². The number of carbonyl (C=O) groups is 1. The van der Waals surface area contributed by atoms with Crippen LogP contribution in [0.2, 0.25) is 5.02 Å². The Kier molecular flexibility index (Phi) is 7.66. The molecule has 1 amide bonds. The fourth-order valence-electron chi connectivity index (χ4n) is 1.53. The number of nitrogens with one attached hydrogen (secondary N) is 2. The van der Waals surface area contributed by atoms with Gasteiger partial charge in [0.1, 0.15) is 0 Å². The van der Waals surface area contributed by atoms with E-state index in [4.69, 9.17) is 16.3 Å². The molecular weight excluding hydrogens is 316 g/mol. The monoisotopic (exact) mass is 334 g/mol. The van der Waals surface area contributed by atoms with Gasteiger partial charge < -0.3 is 10.1 Å². The van der Waals surface area contributed by atoms with E-state index in [2.05, 4.69) is 10.0 Å². The van der Waals surface area contributed by atoms with Gasteiger partial charge in [-0.05, 0) is 30.7 Å². The molecule has 21 heavy (non-hydrogen) atoms. The number of hydrogen-bond acceptors (Lipinski definition) is 4. The predicted octanol–water partition coefficient (Wildman–Crippen LogP) is 1.16. The standard InChI is InChI=1S/C13H19ClN2O4S/c1-20-10-9-15-13(17)3-2-8-16-21(18,19)12-6-4-11(14)5-7-12/h4-7,16H,2-3,8-10H2,1H3,(H,15,17). The maximum absolute atomic E-state index is 11.9. The first kappa shape index (κ1) is 17.9. The van der Waals surface area contributed by atoms with E-state index in [1.165, 1.54) is 24.3 Å². The lowest BCUT2D eigenvalue weighted by Crippen LogP contribution is -2.29. The van der Waals surface area contributed by atoms with Crippen molar-refractivity contribution >= 4 is 27.5 Å². The fraction of sp³-hybridized carbons (Fsp3) is 0.462. The van der Waals surface area contributed by atoms with Crippen molar-refractivity contribution in [3.05, 3.63) is 29.3 Å². The van der Waals surface area contributed by atoms with Crippen molar-refractivity contribution in [2.24, 2.45) is 0 Å². The molecule has 0 radical (unpaired) electrons. The largest absolute Gasteiger partial charge is 0.383 e. The van der Waals surface area contributed by atoms with Gasteiger partial charge in [-0.2, -0.15) is 0 Å². The molecule has 8 heteroatoms. The second-order valence-electron chi connectivity index (χ2n) is 4.30. The molecule has 0 unspecified atom stereocenters. The third kappa shape index (κ3) is 6.90. The average molecular weight is 335 g/mol. The van der Waals surface area contributed by atoms with Gasteiger partial charge in [0, 0.05) is 31.6 Å². The maximum atomic E-state index is 11.9. The molecule has 0 aliphatic heterocycles. The van der Waals surface area contributed by atoms with E-state index in [-0.39, 0.29) is 23.8 Å². The summed E-state index contributed by atoms with van der Waals surface area (Å²) in [5, 5.41) is 3.14. The summed E-state index contributed by atoms with van der Waals surface area (Å²) in [7, 11) is -2.00. The molecule has 0 aliphatic carbocycles. The fourth-order valence-corrected chi connectivity index (χ4v) is 2.73. The van der Waals surface area contributed by atoms with Crippen molar-refractivity contribution in [2.45, 2.75) is 17.7 Å². The highest BCUT2D eigenvalue weighted by atomic mass is 35.5. The number of rotatable bonds is 9. The van der Waals surface area contributed by atoms with Crippen molar-refractivity contribution in [3.63, 3.8) is 0 Å². The highest BCUT2D eigenvalue weighted by Gasteiger charge is 2.13. The number of halogens is 1. The van der Waals surface area contributed by atoms with Crippen LogP contribution in [0.5, 0.6) is 0 Å². The molecule has 0 heterocycles. The first-order valence-electron chi connectivity index (χ1n) is 6.46. The Hall–Kier alpha value is -1.15. The van der Waals surface area contributed by atoms with Gasteiger partial charge in [-0.25, -0.2) is 13.1 Å². The molecule has 1 rings (SSSR count). The van der Waals surface area contributed by atoms with E-state index in [0.717, 1.165) is 0 Å². The summed E-state index contributed by atoms with van der Waals surface area (Å²) < 4.78 is 31.1. The highest BCUT2D eigenvalue weighted by Crippen LogP contribution is 2.13. The van der Waals surface area contributed by atoms with Crippen molar-refractivity contribution in [1.82, 2.24) is 10.0 Å². The quantitative estimate of drug-likeness (QED) is 0.664. The van der Waals surface area contributed by atoms with Crippen molar-refractivity contribution < 1.29 is 17.9 Å². The molecule has 0 saturated heterocycles. The molecule has 0 atom stereocenters. The molecule has 0 fully saturated rings. The van der Waals surface area contributed by atoms with Crippen LogP contribution in [-0.2, 0) is 19.6 Å². The number of ether oxygens (including phenoxy) is 1. The molecule has 0 aromatic heterocycles. The Morgan fingerprint density at radius 1 is 1.24 bits per heavy atom. The van der Waals surface area contributed by atoms with Gasteiger partial charge in [-0.3, -0.25) is 4.79 Å². The van der Waals surface area contributed by atoms with Gasteiger partial charge in [0.25, 0.3) is 0 Å². The molecule has 2 N–H and O–H groups in total. The summed E-state index contributed by atoms with van der Waals surface area (Å²) >= 11 is 5.71. The maximum Gasteiger partial charge on any atom is 0.240 e. The van der Waals surface area contributed by atoms with Gasteiger partial charge in [0.05, 0.1) is 11.5 Å². The molecule has 1 aromatic rings. The van der Waals surface area contributed by atoms with E-state index in [0.29, 0.717) is 24.6 Å². The van der Waals surface area contributed by atoms with E-state index < -0.39 is 10.0 Å². The minimum absolute atomic E-state index is 0.127. The first-order chi connectivity index (χ1) is 9.95. The molecule has 0 aliphatic rings. The van der Waals surface area contributed by atoms with Crippen LogP contribution >= 0.6 is 11.6 Å². The van der Waals surface area contributed by atoms with Crippen LogP contribution in [0.4, 0.5) is 0 Å². The number of sulfonamides is 1. The van der Waals surface area contributed by atoms with Gasteiger partial charge in [0.2, 0.25) is 15.9 Å². The highest BCUT2D eigenvalue weighted by molar-refractivity contribution is 7.89. The Morgan fingerprint density at radius 3 is 2.52 bits per heavy atom. The zero-order chi connectivity index (χ0) is 15.7. The van der Waals surface area contributed by atoms with Crippen molar-refractivity contribution in [3.8, 4) is 0 Å². The van der Waals surface area contributed by atoms with Crippen LogP contribution in [0, 0.1) is 0 Å². The van der Waals surface area contributed by atoms with Gasteiger partial charge in [-0.15, -0.1) is 0 Å². The molecule has 0 spiro atoms. The van der Waals surface area contributed by atoms with Crippen LogP contribution in [-0.4, -0.2) is 41.1 Å². The number of hydrogen-bond donors (Lipinski definition) is 2. The zero-order valence-corrected chi connectivity index (χ0v) is 13.3. The Labute approximate surface area is 129 Å². The Balaban J connectivity index is 2.31. The lowest BCUT2D eigenvalue weighted by atomic mass is 10.3. The smallest absolute Gasteiger partial charge is 0.240 e. The zero-order valence-electron chi connectivity index (χ0n) is 11.8. The Bertz CT molecular complexity index is 546. The number of benzene rings is 1. The van der Waals surface area contributed by atoms with Crippen LogP contribution in [0.25, 0.3) is 0 Å². The number of methoxy groups -OCH3 is 1. The molecule has 0 bridgehead atoms. The van der Waals surface area contributed by atoms with Crippen LogP contribution in [0.1, 0.15) is 12.8 Å². The van der Waals surface area contributed by atoms with E-state index >= 15 is 0 Å². The summed E-state index contributed by atoms with van der Waals surface area (Å²) in [6.07, 6.45) is 0.679. The van der Waals surface area contributed by atoms with Gasteiger partial charge in [-0.1, -0.05) is 11.6 Å². The minimum Gasteiger partial charge on any atom is -0.383 e. The van der Waals surface area contributed by atoms with Crippen LogP contribution in [0.15, 0.2) is 29.2 Å². The first-order valence-corrected chi connectivity index (χ1v) is 8.32. The summed E-state index contributed by atoms with van der Waals surface area (Å²) in [6, 6.07) is 5.89. The van der Waals surface area contributed by atoms with Crippen molar-refractivity contribution in [1.29, 1.82) is 0 Å². The molecule has 118 valence electrons. The molecule has 1 aromatic carbocycles. The number of carbonyl (C=O) groups excluding carboxylic acids is 1. The van der Waals surface area contributed by atoms with E-state index in [1.54, 1.807) is 7.11 Å². The second-order valence-corrected chi connectivity index (χ2v) is 6.50. The Morgan fingerprint density at radius 2 is 1.90 bits per heavy atom. The molecule has 0 saturated carbocycles. The summed E-state index contributed by atoms with van der Waals surface area (Å²) in [5.74, 6) is -0.127.